The van der Waals surface area contributed by atoms with Gasteiger partial charge in [0.1, 0.15) is 0 Å². The molecular formula is C11H19N5. The van der Waals surface area contributed by atoms with Crippen molar-refractivity contribution in [3.05, 3.63) is 11.3 Å². The smallest absolute Gasteiger partial charge is 0.155 e. The summed E-state index contributed by atoms with van der Waals surface area (Å²) < 4.78 is 0. The fourth-order valence-electron chi connectivity index (χ4n) is 2.49. The molecule has 3 heterocycles. The maximum absolute atomic E-state index is 4.49. The summed E-state index contributed by atoms with van der Waals surface area (Å²) in [4.78, 5) is 4.77. The topological polar surface area (TPSA) is 47.2 Å². The molecule has 2 N–H and O–H groups in total. The highest BCUT2D eigenvalue weighted by molar-refractivity contribution is 5.50. The molecule has 16 heavy (non-hydrogen) atoms. The Balaban J connectivity index is 1.81. The summed E-state index contributed by atoms with van der Waals surface area (Å²) in [6, 6.07) is 0. The van der Waals surface area contributed by atoms with Crippen molar-refractivity contribution in [3.63, 3.8) is 0 Å². The highest BCUT2D eigenvalue weighted by Gasteiger charge is 2.23. The van der Waals surface area contributed by atoms with Crippen LogP contribution in [-0.4, -0.2) is 54.9 Å². The first-order valence-corrected chi connectivity index (χ1v) is 6.05. The van der Waals surface area contributed by atoms with E-state index >= 15 is 0 Å². The van der Waals surface area contributed by atoms with E-state index in [0.717, 1.165) is 45.7 Å². The van der Waals surface area contributed by atoms with Gasteiger partial charge >= 0.3 is 0 Å². The number of hydrogen-bond acceptors (Lipinski definition) is 4. The summed E-state index contributed by atoms with van der Waals surface area (Å²) in [6.07, 6.45) is 1.08. The van der Waals surface area contributed by atoms with E-state index in [1.807, 2.05) is 0 Å². The Morgan fingerprint density at radius 3 is 2.81 bits per heavy atom. The highest BCUT2D eigenvalue weighted by atomic mass is 15.3. The zero-order valence-corrected chi connectivity index (χ0v) is 9.79. The van der Waals surface area contributed by atoms with Crippen LogP contribution in [0.25, 0.3) is 0 Å². The van der Waals surface area contributed by atoms with Gasteiger partial charge in [0, 0.05) is 56.9 Å². The highest BCUT2D eigenvalue weighted by Crippen LogP contribution is 2.24. The first-order chi connectivity index (χ1) is 7.84. The Morgan fingerprint density at radius 1 is 1.19 bits per heavy atom. The molecule has 0 saturated carbocycles. The first kappa shape index (κ1) is 10.1. The molecule has 3 rings (SSSR count). The molecule has 0 atom stereocenters. The number of nitrogens with zero attached hydrogens (tertiary/aromatic N) is 3. The van der Waals surface area contributed by atoms with E-state index in [1.54, 1.807) is 0 Å². The zero-order valence-electron chi connectivity index (χ0n) is 9.79. The number of likely N-dealkylation sites (N-methyl/N-ethyl adjacent to an activating group) is 1. The lowest BCUT2D eigenvalue weighted by molar-refractivity contribution is 0.311. The van der Waals surface area contributed by atoms with E-state index in [-0.39, 0.29) is 0 Å². The normalized spacial score (nSPS) is 22.2. The Hall–Kier alpha value is -1.07. The van der Waals surface area contributed by atoms with Crippen LogP contribution in [0.5, 0.6) is 0 Å². The minimum absolute atomic E-state index is 0.966. The number of aromatic amines is 1. The molecule has 0 spiro atoms. The van der Waals surface area contributed by atoms with Crippen LogP contribution in [0.4, 0.5) is 5.82 Å². The Morgan fingerprint density at radius 2 is 2.00 bits per heavy atom. The quantitative estimate of drug-likeness (QED) is 0.690. The standard InChI is InChI=1S/C11H19N5/c1-15-4-6-16(7-5-15)11-9-8-12-3-2-10(9)13-14-11/h12H,2-8H2,1H3,(H,13,14). The number of aromatic nitrogens is 2. The molecule has 0 bridgehead atoms. The second-order valence-corrected chi connectivity index (χ2v) is 4.72. The lowest BCUT2D eigenvalue weighted by atomic mass is 10.1. The molecule has 0 aromatic carbocycles. The number of rotatable bonds is 1. The molecule has 0 radical (unpaired) electrons. The molecule has 5 nitrogen and oxygen atoms in total. The van der Waals surface area contributed by atoms with Crippen molar-refractivity contribution in [2.75, 3.05) is 44.7 Å². The fourth-order valence-corrected chi connectivity index (χ4v) is 2.49. The van der Waals surface area contributed by atoms with Gasteiger partial charge in [-0.25, -0.2) is 0 Å². The van der Waals surface area contributed by atoms with Gasteiger partial charge in [-0.1, -0.05) is 0 Å². The SMILES string of the molecule is CN1CCN(c2n[nH]c3c2CNCC3)CC1. The summed E-state index contributed by atoms with van der Waals surface area (Å²) >= 11 is 0. The molecule has 2 aliphatic rings. The van der Waals surface area contributed by atoms with Crippen LogP contribution < -0.4 is 10.2 Å². The largest absolute Gasteiger partial charge is 0.352 e. The number of nitrogens with one attached hydrogen (secondary N) is 2. The minimum atomic E-state index is 0.966. The van der Waals surface area contributed by atoms with E-state index in [9.17, 15) is 0 Å². The monoisotopic (exact) mass is 221 g/mol. The first-order valence-electron chi connectivity index (χ1n) is 6.05. The maximum atomic E-state index is 4.49. The molecular weight excluding hydrogens is 202 g/mol. The third kappa shape index (κ3) is 1.70. The molecule has 1 aromatic rings. The van der Waals surface area contributed by atoms with Crippen molar-refractivity contribution in [3.8, 4) is 0 Å². The van der Waals surface area contributed by atoms with Crippen molar-refractivity contribution in [2.24, 2.45) is 0 Å². The summed E-state index contributed by atoms with van der Waals surface area (Å²) in [5.41, 5.74) is 2.71. The Labute approximate surface area is 95.8 Å². The predicted molar refractivity (Wildman–Crippen MR) is 63.7 cm³/mol. The number of piperazine rings is 1. The van der Waals surface area contributed by atoms with Gasteiger partial charge in [-0.2, -0.15) is 5.10 Å². The van der Waals surface area contributed by atoms with E-state index in [1.165, 1.54) is 17.1 Å². The van der Waals surface area contributed by atoms with Crippen LogP contribution >= 0.6 is 0 Å². The number of fused-ring (bicyclic) bond motifs is 1. The van der Waals surface area contributed by atoms with Crippen LogP contribution in [0.15, 0.2) is 0 Å². The van der Waals surface area contributed by atoms with Gasteiger partial charge in [-0.05, 0) is 7.05 Å². The van der Waals surface area contributed by atoms with E-state index < -0.39 is 0 Å². The summed E-state index contributed by atoms with van der Waals surface area (Å²) in [7, 11) is 2.18. The molecule has 0 amide bonds. The fraction of sp³-hybridized carbons (Fsp3) is 0.727. The number of anilines is 1. The van der Waals surface area contributed by atoms with Gasteiger partial charge in [0.2, 0.25) is 0 Å². The molecule has 2 aliphatic heterocycles. The van der Waals surface area contributed by atoms with E-state index in [2.05, 4.69) is 32.4 Å². The molecule has 0 unspecified atom stereocenters. The lowest BCUT2D eigenvalue weighted by Gasteiger charge is -2.33. The molecule has 88 valence electrons. The average Bonchev–Trinajstić information content (AvgIpc) is 2.74. The zero-order chi connectivity index (χ0) is 11.0. The Kier molecular flexibility index (Phi) is 2.57. The van der Waals surface area contributed by atoms with Crippen LogP contribution in [-0.2, 0) is 13.0 Å². The van der Waals surface area contributed by atoms with Gasteiger partial charge in [-0.15, -0.1) is 0 Å². The Bertz CT molecular complexity index is 364. The van der Waals surface area contributed by atoms with Gasteiger partial charge in [0.05, 0.1) is 0 Å². The van der Waals surface area contributed by atoms with Crippen LogP contribution in [0, 0.1) is 0 Å². The van der Waals surface area contributed by atoms with Crippen LogP contribution in [0.2, 0.25) is 0 Å². The molecule has 1 saturated heterocycles. The van der Waals surface area contributed by atoms with Gasteiger partial charge in [0.15, 0.2) is 5.82 Å². The van der Waals surface area contributed by atoms with Crippen molar-refractivity contribution in [1.82, 2.24) is 20.4 Å². The van der Waals surface area contributed by atoms with Crippen LogP contribution in [0.1, 0.15) is 11.3 Å². The molecule has 0 aliphatic carbocycles. The number of hydrogen-bond donors (Lipinski definition) is 2. The summed E-state index contributed by atoms with van der Waals surface area (Å²) in [6.45, 7) is 6.48. The summed E-state index contributed by atoms with van der Waals surface area (Å²) in [5.74, 6) is 1.18. The second kappa shape index (κ2) is 4.07. The number of H-pyrrole nitrogens is 1. The molecule has 5 heteroatoms. The van der Waals surface area contributed by atoms with Gasteiger partial charge < -0.3 is 15.1 Å². The van der Waals surface area contributed by atoms with Crippen LogP contribution in [0.3, 0.4) is 0 Å². The van der Waals surface area contributed by atoms with Crippen molar-refractivity contribution in [2.45, 2.75) is 13.0 Å². The van der Waals surface area contributed by atoms with Gasteiger partial charge in [0.25, 0.3) is 0 Å². The average molecular weight is 221 g/mol. The third-order valence-electron chi connectivity index (χ3n) is 3.59. The molecule has 1 aromatic heterocycles. The van der Waals surface area contributed by atoms with Gasteiger partial charge in [-0.3, -0.25) is 5.10 Å². The van der Waals surface area contributed by atoms with Crippen molar-refractivity contribution < 1.29 is 0 Å². The third-order valence-corrected chi connectivity index (χ3v) is 3.59. The minimum Gasteiger partial charge on any atom is -0.352 e. The van der Waals surface area contributed by atoms with Crippen molar-refractivity contribution >= 4 is 5.82 Å². The molecule has 1 fully saturated rings. The second-order valence-electron chi connectivity index (χ2n) is 4.72. The van der Waals surface area contributed by atoms with E-state index in [4.69, 9.17) is 0 Å². The predicted octanol–water partition coefficient (Wildman–Crippen LogP) is -0.193. The summed E-state index contributed by atoms with van der Waals surface area (Å²) in [5, 5.41) is 11.1. The van der Waals surface area contributed by atoms with Crippen molar-refractivity contribution in [1.29, 1.82) is 0 Å². The van der Waals surface area contributed by atoms with E-state index in [0.29, 0.717) is 0 Å². The lowest BCUT2D eigenvalue weighted by Crippen LogP contribution is -2.45. The maximum Gasteiger partial charge on any atom is 0.155 e.